The smallest absolute Gasteiger partial charge is 0.264 e. The maximum Gasteiger partial charge on any atom is 0.264 e. The molecular weight excluding hydrogens is 606 g/mol. The van der Waals surface area contributed by atoms with E-state index in [-0.39, 0.29) is 29.8 Å². The standard InChI is InChI=1S/C36H40ClN3O4S/c1-5-28(4)38-36(42)34(23-29-14-8-6-9-15-29)39(24-30-16-12-13-19-32(30)37)35(41)25-40(33-21-20-26(2)22-27(33)3)45(43,44)31-17-10-7-11-18-31/h6-22,28,34H,5,23-25H2,1-4H3,(H,38,42). The van der Waals surface area contributed by atoms with Gasteiger partial charge in [0.2, 0.25) is 11.8 Å². The number of aryl methyl sites for hydroxylation is 2. The molecule has 0 aliphatic carbocycles. The minimum absolute atomic E-state index is 0.00996. The van der Waals surface area contributed by atoms with Crippen molar-refractivity contribution in [3.63, 3.8) is 0 Å². The molecule has 4 aromatic carbocycles. The second-order valence-electron chi connectivity index (χ2n) is 11.3. The van der Waals surface area contributed by atoms with Crippen molar-refractivity contribution in [1.82, 2.24) is 10.2 Å². The summed E-state index contributed by atoms with van der Waals surface area (Å²) in [6.07, 6.45) is 0.937. The molecule has 0 bridgehead atoms. The summed E-state index contributed by atoms with van der Waals surface area (Å²) >= 11 is 6.57. The highest BCUT2D eigenvalue weighted by Crippen LogP contribution is 2.29. The predicted octanol–water partition coefficient (Wildman–Crippen LogP) is 6.71. The molecule has 1 N–H and O–H groups in total. The van der Waals surface area contributed by atoms with Crippen molar-refractivity contribution in [1.29, 1.82) is 0 Å². The molecule has 0 radical (unpaired) electrons. The SMILES string of the molecule is CCC(C)NC(=O)C(Cc1ccccc1)N(Cc1ccccc1Cl)C(=O)CN(c1ccc(C)cc1C)S(=O)(=O)c1ccccc1. The molecule has 2 atom stereocenters. The van der Waals surface area contributed by atoms with E-state index in [4.69, 9.17) is 11.6 Å². The largest absolute Gasteiger partial charge is 0.352 e. The molecule has 0 aliphatic heterocycles. The van der Waals surface area contributed by atoms with Crippen molar-refractivity contribution >= 4 is 39.1 Å². The van der Waals surface area contributed by atoms with E-state index in [0.29, 0.717) is 28.3 Å². The number of benzene rings is 4. The van der Waals surface area contributed by atoms with Gasteiger partial charge in [0, 0.05) is 24.0 Å². The summed E-state index contributed by atoms with van der Waals surface area (Å²) in [7, 11) is -4.17. The molecule has 4 rings (SSSR count). The van der Waals surface area contributed by atoms with Gasteiger partial charge < -0.3 is 10.2 Å². The fourth-order valence-electron chi connectivity index (χ4n) is 5.12. The number of hydrogen-bond acceptors (Lipinski definition) is 4. The Labute approximate surface area is 271 Å². The number of nitrogens with one attached hydrogen (secondary N) is 1. The molecule has 0 spiro atoms. The van der Waals surface area contributed by atoms with Crippen molar-refractivity contribution in [3.8, 4) is 0 Å². The zero-order chi connectivity index (χ0) is 32.6. The number of carbonyl (C=O) groups excluding carboxylic acids is 2. The van der Waals surface area contributed by atoms with Gasteiger partial charge in [0.15, 0.2) is 0 Å². The van der Waals surface area contributed by atoms with Crippen LogP contribution in [0.2, 0.25) is 5.02 Å². The van der Waals surface area contributed by atoms with E-state index in [9.17, 15) is 18.0 Å². The lowest BCUT2D eigenvalue weighted by atomic mass is 10.0. The van der Waals surface area contributed by atoms with Gasteiger partial charge in [0.05, 0.1) is 10.6 Å². The summed E-state index contributed by atoms with van der Waals surface area (Å²) in [5.41, 5.74) is 3.56. The van der Waals surface area contributed by atoms with E-state index in [0.717, 1.165) is 15.4 Å². The molecule has 236 valence electrons. The first kappa shape index (κ1) is 33.7. The fourth-order valence-corrected chi connectivity index (χ4v) is 6.82. The van der Waals surface area contributed by atoms with Gasteiger partial charge in [-0.05, 0) is 68.1 Å². The summed E-state index contributed by atoms with van der Waals surface area (Å²) in [6, 6.07) is 29.0. The van der Waals surface area contributed by atoms with Crippen LogP contribution >= 0.6 is 11.6 Å². The Morgan fingerprint density at radius 2 is 1.49 bits per heavy atom. The summed E-state index contributed by atoms with van der Waals surface area (Å²) in [5.74, 6) is -0.854. The molecule has 2 amide bonds. The molecule has 0 saturated heterocycles. The summed E-state index contributed by atoms with van der Waals surface area (Å²) < 4.78 is 29.5. The summed E-state index contributed by atoms with van der Waals surface area (Å²) in [5, 5.41) is 3.49. The first-order valence-corrected chi connectivity index (χ1v) is 16.8. The molecule has 7 nitrogen and oxygen atoms in total. The molecule has 4 aromatic rings. The van der Waals surface area contributed by atoms with E-state index in [1.54, 1.807) is 42.5 Å². The Morgan fingerprint density at radius 3 is 2.11 bits per heavy atom. The minimum Gasteiger partial charge on any atom is -0.352 e. The Morgan fingerprint density at radius 1 is 0.867 bits per heavy atom. The maximum absolute atomic E-state index is 14.6. The highest BCUT2D eigenvalue weighted by atomic mass is 35.5. The second kappa shape index (κ2) is 15.2. The van der Waals surface area contributed by atoms with Gasteiger partial charge >= 0.3 is 0 Å². The van der Waals surface area contributed by atoms with Crippen molar-refractivity contribution in [2.75, 3.05) is 10.8 Å². The number of rotatable bonds is 13. The third-order valence-electron chi connectivity index (χ3n) is 7.80. The van der Waals surface area contributed by atoms with Crippen LogP contribution in [0.1, 0.15) is 42.5 Å². The molecular formula is C36H40ClN3O4S. The van der Waals surface area contributed by atoms with Crippen LogP contribution in [0.25, 0.3) is 0 Å². The Hall–Kier alpha value is -4.14. The second-order valence-corrected chi connectivity index (χ2v) is 13.5. The van der Waals surface area contributed by atoms with Crippen LogP contribution in [0.15, 0.2) is 108 Å². The molecule has 45 heavy (non-hydrogen) atoms. The summed E-state index contributed by atoms with van der Waals surface area (Å²) in [6.45, 7) is 7.11. The predicted molar refractivity (Wildman–Crippen MR) is 181 cm³/mol. The number of anilines is 1. The van der Waals surface area contributed by atoms with Gasteiger partial charge in [-0.15, -0.1) is 0 Å². The zero-order valence-electron chi connectivity index (χ0n) is 26.1. The molecule has 2 unspecified atom stereocenters. The van der Waals surface area contributed by atoms with Crippen LogP contribution in [0, 0.1) is 13.8 Å². The van der Waals surface area contributed by atoms with Crippen molar-refractivity contribution in [2.45, 2.75) is 64.1 Å². The van der Waals surface area contributed by atoms with E-state index in [1.165, 1.54) is 17.0 Å². The molecule has 0 fully saturated rings. The third kappa shape index (κ3) is 8.53. The van der Waals surface area contributed by atoms with Gasteiger partial charge in [-0.1, -0.05) is 103 Å². The summed E-state index contributed by atoms with van der Waals surface area (Å²) in [4.78, 5) is 30.0. The average molecular weight is 646 g/mol. The number of amides is 2. The number of carbonyl (C=O) groups is 2. The first-order chi connectivity index (χ1) is 21.5. The monoisotopic (exact) mass is 645 g/mol. The normalized spacial score (nSPS) is 12.6. The van der Waals surface area contributed by atoms with E-state index >= 15 is 0 Å². The van der Waals surface area contributed by atoms with Gasteiger partial charge in [-0.3, -0.25) is 13.9 Å². The topological polar surface area (TPSA) is 86.8 Å². The zero-order valence-corrected chi connectivity index (χ0v) is 27.7. The molecule has 0 aromatic heterocycles. The Kier molecular flexibility index (Phi) is 11.4. The van der Waals surface area contributed by atoms with Gasteiger partial charge in [0.25, 0.3) is 10.0 Å². The third-order valence-corrected chi connectivity index (χ3v) is 9.94. The fraction of sp³-hybridized carbons (Fsp3) is 0.278. The Balaban J connectivity index is 1.83. The molecule has 9 heteroatoms. The maximum atomic E-state index is 14.6. The lowest BCUT2D eigenvalue weighted by Crippen LogP contribution is -2.54. The average Bonchev–Trinajstić information content (AvgIpc) is 3.03. The highest BCUT2D eigenvalue weighted by molar-refractivity contribution is 7.92. The molecule has 0 heterocycles. The van der Waals surface area contributed by atoms with Crippen molar-refractivity contribution in [3.05, 3.63) is 130 Å². The van der Waals surface area contributed by atoms with Crippen LogP contribution in [0.5, 0.6) is 0 Å². The Bertz CT molecular complexity index is 1720. The minimum atomic E-state index is -4.17. The molecule has 0 saturated carbocycles. The van der Waals surface area contributed by atoms with Crippen LogP contribution in [0.3, 0.4) is 0 Å². The van der Waals surface area contributed by atoms with Crippen LogP contribution < -0.4 is 9.62 Å². The molecule has 0 aliphatic rings. The number of nitrogens with zero attached hydrogens (tertiary/aromatic N) is 2. The number of sulfonamides is 1. The van der Waals surface area contributed by atoms with Gasteiger partial charge in [-0.2, -0.15) is 0 Å². The lowest BCUT2D eigenvalue weighted by Gasteiger charge is -2.34. The lowest BCUT2D eigenvalue weighted by molar-refractivity contribution is -0.140. The number of hydrogen-bond donors (Lipinski definition) is 1. The quantitative estimate of drug-likeness (QED) is 0.175. The van der Waals surface area contributed by atoms with E-state index < -0.39 is 28.5 Å². The first-order valence-electron chi connectivity index (χ1n) is 15.0. The van der Waals surface area contributed by atoms with Crippen LogP contribution in [-0.2, 0) is 32.6 Å². The highest BCUT2D eigenvalue weighted by Gasteiger charge is 2.35. The van der Waals surface area contributed by atoms with E-state index in [2.05, 4.69) is 5.32 Å². The van der Waals surface area contributed by atoms with Gasteiger partial charge in [-0.25, -0.2) is 8.42 Å². The van der Waals surface area contributed by atoms with Crippen LogP contribution in [0.4, 0.5) is 5.69 Å². The number of halogens is 1. The van der Waals surface area contributed by atoms with Crippen LogP contribution in [-0.4, -0.2) is 43.8 Å². The van der Waals surface area contributed by atoms with E-state index in [1.807, 2.05) is 76.2 Å². The van der Waals surface area contributed by atoms with Crippen molar-refractivity contribution < 1.29 is 18.0 Å². The van der Waals surface area contributed by atoms with Crippen molar-refractivity contribution in [2.24, 2.45) is 0 Å². The van der Waals surface area contributed by atoms with Gasteiger partial charge in [0.1, 0.15) is 12.6 Å².